The fourth-order valence-electron chi connectivity index (χ4n) is 0.884. The molecule has 0 spiro atoms. The second kappa shape index (κ2) is 4.35. The third-order valence-electron chi connectivity index (χ3n) is 1.54. The minimum atomic E-state index is -0.973. The minimum absolute atomic E-state index is 0.0226. The van der Waals surface area contributed by atoms with Crippen molar-refractivity contribution in [1.82, 2.24) is 5.32 Å². The van der Waals surface area contributed by atoms with Crippen LogP contribution >= 0.6 is 0 Å². The highest BCUT2D eigenvalue weighted by Gasteiger charge is 2.04. The van der Waals surface area contributed by atoms with Crippen molar-refractivity contribution in [2.45, 2.75) is 13.0 Å². The van der Waals surface area contributed by atoms with E-state index in [0.29, 0.717) is 0 Å². The summed E-state index contributed by atoms with van der Waals surface area (Å²) in [6.45, 7) is 1.88. The Labute approximate surface area is 75.9 Å². The zero-order valence-electron chi connectivity index (χ0n) is 7.23. The molecule has 1 atom stereocenters. The first-order valence-corrected chi connectivity index (χ1v) is 3.89. The van der Waals surface area contributed by atoms with Gasteiger partial charge in [-0.25, -0.2) is 4.79 Å². The first-order chi connectivity index (χ1) is 6.20. The van der Waals surface area contributed by atoms with Gasteiger partial charge in [0, 0.05) is 12.3 Å². The van der Waals surface area contributed by atoms with Gasteiger partial charge in [-0.3, -0.25) is 0 Å². The van der Waals surface area contributed by atoms with Gasteiger partial charge in [-0.05, 0) is 19.1 Å². The van der Waals surface area contributed by atoms with Gasteiger partial charge in [0.25, 0.3) is 0 Å². The van der Waals surface area contributed by atoms with Gasteiger partial charge in [0.05, 0.1) is 12.3 Å². The summed E-state index contributed by atoms with van der Waals surface area (Å²) >= 11 is 0. The molecule has 0 aliphatic carbocycles. The third kappa shape index (κ3) is 3.02. The molecule has 0 unspecified atom stereocenters. The lowest BCUT2D eigenvalue weighted by Crippen LogP contribution is -2.11. The van der Waals surface area contributed by atoms with Crippen molar-refractivity contribution in [2.75, 3.05) is 0 Å². The largest absolute Gasteiger partial charge is 0.478 e. The topological polar surface area (TPSA) is 62.5 Å². The molecule has 0 saturated carbocycles. The molecular weight excluding hydrogens is 170 g/mol. The Morgan fingerprint density at radius 2 is 2.54 bits per heavy atom. The maximum atomic E-state index is 10.1. The van der Waals surface area contributed by atoms with E-state index in [1.165, 1.54) is 6.20 Å². The highest BCUT2D eigenvalue weighted by Crippen LogP contribution is 2.11. The molecule has 1 rings (SSSR count). The summed E-state index contributed by atoms with van der Waals surface area (Å²) in [5, 5.41) is 11.2. The van der Waals surface area contributed by atoms with Crippen molar-refractivity contribution in [1.29, 1.82) is 0 Å². The zero-order valence-corrected chi connectivity index (χ0v) is 7.23. The normalized spacial score (nSPS) is 13.0. The Kier molecular flexibility index (Phi) is 3.14. The van der Waals surface area contributed by atoms with Crippen molar-refractivity contribution in [3.8, 4) is 0 Å². The van der Waals surface area contributed by atoms with Crippen LogP contribution in [0.4, 0.5) is 0 Å². The number of aliphatic carboxylic acids is 1. The van der Waals surface area contributed by atoms with Crippen molar-refractivity contribution in [3.63, 3.8) is 0 Å². The summed E-state index contributed by atoms with van der Waals surface area (Å²) in [5.41, 5.74) is 0. The molecule has 0 radical (unpaired) electrons. The number of rotatable bonds is 4. The Hall–Kier alpha value is -1.71. The predicted octanol–water partition coefficient (Wildman–Crippen LogP) is 1.53. The second-order valence-electron chi connectivity index (χ2n) is 2.58. The maximum Gasteiger partial charge on any atom is 0.329 e. The zero-order chi connectivity index (χ0) is 9.68. The van der Waals surface area contributed by atoms with E-state index in [1.807, 2.05) is 13.0 Å². The van der Waals surface area contributed by atoms with Crippen LogP contribution in [-0.4, -0.2) is 11.1 Å². The van der Waals surface area contributed by atoms with E-state index in [1.54, 1.807) is 12.3 Å². The summed E-state index contributed by atoms with van der Waals surface area (Å²) in [6.07, 6.45) is 4.00. The molecule has 0 aromatic carbocycles. The molecule has 1 aromatic heterocycles. The summed E-state index contributed by atoms with van der Waals surface area (Å²) in [5.74, 6) is -0.200. The molecule has 70 valence electrons. The van der Waals surface area contributed by atoms with Crippen molar-refractivity contribution in [3.05, 3.63) is 36.4 Å². The SMILES string of the molecule is C[C@@H](N/C=C/C(=O)O)c1ccco1. The van der Waals surface area contributed by atoms with Crippen LogP contribution in [0.3, 0.4) is 0 Å². The molecule has 0 fully saturated rings. The summed E-state index contributed by atoms with van der Waals surface area (Å²) in [6, 6.07) is 3.59. The molecule has 2 N–H and O–H groups in total. The van der Waals surface area contributed by atoms with Crippen molar-refractivity contribution < 1.29 is 14.3 Å². The number of nitrogens with one attached hydrogen (secondary N) is 1. The van der Waals surface area contributed by atoms with E-state index in [4.69, 9.17) is 9.52 Å². The smallest absolute Gasteiger partial charge is 0.329 e. The number of carboxylic acid groups (broad SMARTS) is 1. The highest BCUT2D eigenvalue weighted by atomic mass is 16.4. The van der Waals surface area contributed by atoms with Gasteiger partial charge in [0.15, 0.2) is 0 Å². The monoisotopic (exact) mass is 181 g/mol. The van der Waals surface area contributed by atoms with Gasteiger partial charge in [0.1, 0.15) is 5.76 Å². The molecular formula is C9H11NO3. The molecule has 0 aliphatic heterocycles. The van der Waals surface area contributed by atoms with E-state index >= 15 is 0 Å². The summed E-state index contributed by atoms with van der Waals surface area (Å²) in [4.78, 5) is 10.1. The number of hydrogen-bond donors (Lipinski definition) is 2. The van der Waals surface area contributed by atoms with Gasteiger partial charge in [-0.15, -0.1) is 0 Å². The van der Waals surface area contributed by atoms with Gasteiger partial charge in [0.2, 0.25) is 0 Å². The van der Waals surface area contributed by atoms with E-state index in [9.17, 15) is 4.79 Å². The summed E-state index contributed by atoms with van der Waals surface area (Å²) < 4.78 is 5.11. The van der Waals surface area contributed by atoms with Crippen LogP contribution < -0.4 is 5.32 Å². The molecule has 4 heteroatoms. The van der Waals surface area contributed by atoms with Gasteiger partial charge >= 0.3 is 5.97 Å². The molecule has 0 amide bonds. The molecule has 0 bridgehead atoms. The molecule has 0 aliphatic rings. The first-order valence-electron chi connectivity index (χ1n) is 3.89. The Morgan fingerprint density at radius 1 is 1.77 bits per heavy atom. The lowest BCUT2D eigenvalue weighted by molar-refractivity contribution is -0.131. The average Bonchev–Trinajstić information content (AvgIpc) is 2.55. The van der Waals surface area contributed by atoms with E-state index < -0.39 is 5.97 Å². The van der Waals surface area contributed by atoms with Crippen LogP contribution in [0.25, 0.3) is 0 Å². The minimum Gasteiger partial charge on any atom is -0.478 e. The van der Waals surface area contributed by atoms with Crippen LogP contribution in [0.15, 0.2) is 35.1 Å². The Bertz CT molecular complexity index is 290. The van der Waals surface area contributed by atoms with Gasteiger partial charge in [-0.2, -0.15) is 0 Å². The molecule has 1 heterocycles. The molecule has 1 aromatic rings. The lowest BCUT2D eigenvalue weighted by atomic mass is 10.2. The second-order valence-corrected chi connectivity index (χ2v) is 2.58. The number of hydrogen-bond acceptors (Lipinski definition) is 3. The first kappa shape index (κ1) is 9.38. The van der Waals surface area contributed by atoms with E-state index in [-0.39, 0.29) is 6.04 Å². The molecule has 4 nitrogen and oxygen atoms in total. The van der Waals surface area contributed by atoms with Crippen LogP contribution in [-0.2, 0) is 4.79 Å². The average molecular weight is 181 g/mol. The van der Waals surface area contributed by atoms with Crippen molar-refractivity contribution in [2.24, 2.45) is 0 Å². The van der Waals surface area contributed by atoms with Gasteiger partial charge in [-0.1, -0.05) is 0 Å². The fourth-order valence-corrected chi connectivity index (χ4v) is 0.884. The lowest BCUT2D eigenvalue weighted by Gasteiger charge is -2.06. The third-order valence-corrected chi connectivity index (χ3v) is 1.54. The quantitative estimate of drug-likeness (QED) is 0.691. The van der Waals surface area contributed by atoms with E-state index in [2.05, 4.69) is 5.32 Å². The van der Waals surface area contributed by atoms with Crippen LogP contribution in [0.2, 0.25) is 0 Å². The molecule has 13 heavy (non-hydrogen) atoms. The number of carbonyl (C=O) groups is 1. The number of furan rings is 1. The predicted molar refractivity (Wildman–Crippen MR) is 47.0 cm³/mol. The fraction of sp³-hybridized carbons (Fsp3) is 0.222. The standard InChI is InChI=1S/C9H11NO3/c1-7(8-3-2-6-13-8)10-5-4-9(11)12/h2-7,10H,1H3,(H,11,12)/b5-4+/t7-/m1/s1. The van der Waals surface area contributed by atoms with Crippen LogP contribution in [0.1, 0.15) is 18.7 Å². The van der Waals surface area contributed by atoms with Crippen molar-refractivity contribution >= 4 is 5.97 Å². The van der Waals surface area contributed by atoms with Crippen LogP contribution in [0, 0.1) is 0 Å². The van der Waals surface area contributed by atoms with Crippen LogP contribution in [0.5, 0.6) is 0 Å². The highest BCUT2D eigenvalue weighted by molar-refractivity contribution is 5.79. The van der Waals surface area contributed by atoms with Gasteiger partial charge < -0.3 is 14.8 Å². The van der Waals surface area contributed by atoms with E-state index in [0.717, 1.165) is 11.8 Å². The molecule has 0 saturated heterocycles. The Balaban J connectivity index is 2.43. The summed E-state index contributed by atoms with van der Waals surface area (Å²) in [7, 11) is 0. The number of carboxylic acids is 1. The maximum absolute atomic E-state index is 10.1. The Morgan fingerprint density at radius 3 is 3.08 bits per heavy atom.